The average molecular weight is 168 g/mol. The lowest BCUT2D eigenvalue weighted by atomic mass is 10.3. The monoisotopic (exact) mass is 168 g/mol. The minimum absolute atomic E-state index is 0.149. The Kier molecular flexibility index (Phi) is 1.56. The molecule has 0 aromatic carbocycles. The quantitative estimate of drug-likeness (QED) is 0.613. The number of carbonyl (C=O) groups is 2. The van der Waals surface area contributed by atoms with Gasteiger partial charge in [-0.25, -0.2) is 4.79 Å². The van der Waals surface area contributed by atoms with Crippen molar-refractivity contribution < 1.29 is 9.59 Å². The van der Waals surface area contributed by atoms with Crippen LogP contribution in [0.5, 0.6) is 0 Å². The first kappa shape index (κ1) is 7.58. The van der Waals surface area contributed by atoms with Crippen molar-refractivity contribution in [1.82, 2.24) is 10.2 Å². The molecule has 2 atom stereocenters. The van der Waals surface area contributed by atoms with Crippen molar-refractivity contribution in [3.63, 3.8) is 0 Å². The highest BCUT2D eigenvalue weighted by atomic mass is 16.2. The van der Waals surface area contributed by atoms with Crippen molar-refractivity contribution >= 4 is 11.9 Å². The van der Waals surface area contributed by atoms with Crippen LogP contribution in [0.3, 0.4) is 0 Å². The highest BCUT2D eigenvalue weighted by molar-refractivity contribution is 5.96. The number of rotatable bonds is 1. The summed E-state index contributed by atoms with van der Waals surface area (Å²) in [5.74, 6) is 0.466. The Labute approximate surface area is 70.9 Å². The summed E-state index contributed by atoms with van der Waals surface area (Å²) in [5.41, 5.74) is 0. The van der Waals surface area contributed by atoms with Gasteiger partial charge in [-0.1, -0.05) is 6.92 Å². The van der Waals surface area contributed by atoms with Gasteiger partial charge in [-0.3, -0.25) is 10.1 Å². The Morgan fingerprint density at radius 1 is 1.50 bits per heavy atom. The molecule has 4 heteroatoms. The number of imide groups is 1. The van der Waals surface area contributed by atoms with Gasteiger partial charge < -0.3 is 4.90 Å². The third-order valence-electron chi connectivity index (χ3n) is 2.55. The molecule has 0 radical (unpaired) electrons. The normalized spacial score (nSPS) is 34.9. The van der Waals surface area contributed by atoms with E-state index < -0.39 is 0 Å². The van der Waals surface area contributed by atoms with E-state index >= 15 is 0 Å². The molecule has 0 spiro atoms. The van der Waals surface area contributed by atoms with E-state index in [9.17, 15) is 9.59 Å². The van der Waals surface area contributed by atoms with Crippen molar-refractivity contribution in [1.29, 1.82) is 0 Å². The summed E-state index contributed by atoms with van der Waals surface area (Å²) in [7, 11) is 0. The van der Waals surface area contributed by atoms with E-state index in [1.807, 2.05) is 0 Å². The second-order valence-electron chi connectivity index (χ2n) is 3.58. The van der Waals surface area contributed by atoms with Gasteiger partial charge in [0.15, 0.2) is 0 Å². The zero-order valence-corrected chi connectivity index (χ0v) is 7.04. The summed E-state index contributed by atoms with van der Waals surface area (Å²) >= 11 is 0. The molecule has 1 aliphatic heterocycles. The van der Waals surface area contributed by atoms with Gasteiger partial charge in [-0.2, -0.15) is 0 Å². The van der Waals surface area contributed by atoms with E-state index in [2.05, 4.69) is 12.2 Å². The maximum atomic E-state index is 11.2. The van der Waals surface area contributed by atoms with Gasteiger partial charge in [0.1, 0.15) is 0 Å². The molecule has 2 aliphatic rings. The molecular formula is C8H12N2O2. The van der Waals surface area contributed by atoms with Crippen LogP contribution < -0.4 is 5.32 Å². The topological polar surface area (TPSA) is 49.4 Å². The predicted molar refractivity (Wildman–Crippen MR) is 42.4 cm³/mol. The molecule has 1 aliphatic carbocycles. The van der Waals surface area contributed by atoms with E-state index in [1.165, 1.54) is 0 Å². The summed E-state index contributed by atoms with van der Waals surface area (Å²) < 4.78 is 0. The third kappa shape index (κ3) is 1.17. The van der Waals surface area contributed by atoms with Crippen LogP contribution in [0.25, 0.3) is 0 Å². The number of amides is 3. The van der Waals surface area contributed by atoms with E-state index in [-0.39, 0.29) is 11.9 Å². The van der Waals surface area contributed by atoms with Crippen LogP contribution >= 0.6 is 0 Å². The molecule has 0 bridgehead atoms. The Balaban J connectivity index is 1.99. The zero-order chi connectivity index (χ0) is 8.72. The maximum Gasteiger partial charge on any atom is 0.324 e. The minimum Gasteiger partial charge on any atom is -0.321 e. The Morgan fingerprint density at radius 2 is 2.17 bits per heavy atom. The SMILES string of the molecule is CC1CC1N1CCC(=O)NC1=O. The van der Waals surface area contributed by atoms with Gasteiger partial charge in [-0.15, -0.1) is 0 Å². The lowest BCUT2D eigenvalue weighted by Crippen LogP contribution is -2.50. The summed E-state index contributed by atoms with van der Waals surface area (Å²) in [6, 6.07) is 0.179. The number of hydrogen-bond donors (Lipinski definition) is 1. The first-order chi connectivity index (χ1) is 5.68. The van der Waals surface area contributed by atoms with Crippen LogP contribution in [-0.2, 0) is 4.79 Å². The molecule has 0 aromatic heterocycles. The van der Waals surface area contributed by atoms with Crippen molar-refractivity contribution in [3.05, 3.63) is 0 Å². The first-order valence-corrected chi connectivity index (χ1v) is 4.29. The number of urea groups is 1. The Hall–Kier alpha value is -1.06. The van der Waals surface area contributed by atoms with Gasteiger partial charge >= 0.3 is 6.03 Å². The molecule has 1 heterocycles. The molecule has 2 fully saturated rings. The van der Waals surface area contributed by atoms with Gasteiger partial charge in [-0.05, 0) is 12.3 Å². The van der Waals surface area contributed by atoms with Crippen LogP contribution in [0, 0.1) is 5.92 Å². The third-order valence-corrected chi connectivity index (χ3v) is 2.55. The fourth-order valence-electron chi connectivity index (χ4n) is 1.63. The number of nitrogens with zero attached hydrogens (tertiary/aromatic N) is 1. The average Bonchev–Trinajstić information content (AvgIpc) is 2.66. The molecule has 12 heavy (non-hydrogen) atoms. The van der Waals surface area contributed by atoms with E-state index in [4.69, 9.17) is 0 Å². The Morgan fingerprint density at radius 3 is 2.67 bits per heavy atom. The largest absolute Gasteiger partial charge is 0.324 e. The van der Waals surface area contributed by atoms with Gasteiger partial charge in [0.2, 0.25) is 5.91 Å². The standard InChI is InChI=1S/C8H12N2O2/c1-5-4-6(5)10-3-2-7(11)9-8(10)12/h5-6H,2-4H2,1H3,(H,9,11,12). The number of hydrogen-bond acceptors (Lipinski definition) is 2. The number of nitrogens with one attached hydrogen (secondary N) is 1. The minimum atomic E-state index is -0.208. The van der Waals surface area contributed by atoms with Crippen molar-refractivity contribution in [2.75, 3.05) is 6.54 Å². The Bertz CT molecular complexity index is 239. The smallest absolute Gasteiger partial charge is 0.321 e. The number of carbonyl (C=O) groups excluding carboxylic acids is 2. The first-order valence-electron chi connectivity index (χ1n) is 4.29. The molecule has 0 aromatic rings. The molecule has 1 saturated carbocycles. The fraction of sp³-hybridized carbons (Fsp3) is 0.750. The lowest BCUT2D eigenvalue weighted by Gasteiger charge is -2.26. The van der Waals surface area contributed by atoms with Crippen LogP contribution in [0.1, 0.15) is 19.8 Å². The summed E-state index contributed by atoms with van der Waals surface area (Å²) in [5, 5.41) is 2.32. The van der Waals surface area contributed by atoms with Crippen molar-refractivity contribution in [2.24, 2.45) is 5.92 Å². The lowest BCUT2D eigenvalue weighted by molar-refractivity contribution is -0.121. The molecule has 66 valence electrons. The maximum absolute atomic E-state index is 11.2. The second-order valence-corrected chi connectivity index (χ2v) is 3.58. The van der Waals surface area contributed by atoms with Gasteiger partial charge in [0.25, 0.3) is 0 Å². The highest BCUT2D eigenvalue weighted by Crippen LogP contribution is 2.35. The van der Waals surface area contributed by atoms with Gasteiger partial charge in [0, 0.05) is 19.0 Å². The van der Waals surface area contributed by atoms with E-state index in [0.29, 0.717) is 24.9 Å². The molecule has 2 unspecified atom stereocenters. The molecule has 1 N–H and O–H groups in total. The molecular weight excluding hydrogens is 156 g/mol. The van der Waals surface area contributed by atoms with Crippen LogP contribution in [0.15, 0.2) is 0 Å². The van der Waals surface area contributed by atoms with E-state index in [0.717, 1.165) is 6.42 Å². The zero-order valence-electron chi connectivity index (χ0n) is 7.04. The van der Waals surface area contributed by atoms with Crippen molar-refractivity contribution in [3.8, 4) is 0 Å². The van der Waals surface area contributed by atoms with Crippen LogP contribution in [-0.4, -0.2) is 29.4 Å². The van der Waals surface area contributed by atoms with Gasteiger partial charge in [0.05, 0.1) is 0 Å². The molecule has 4 nitrogen and oxygen atoms in total. The van der Waals surface area contributed by atoms with Crippen LogP contribution in [0.4, 0.5) is 4.79 Å². The second kappa shape index (κ2) is 2.47. The summed E-state index contributed by atoms with van der Waals surface area (Å²) in [6.45, 7) is 2.72. The highest BCUT2D eigenvalue weighted by Gasteiger charge is 2.42. The molecule has 3 amide bonds. The fourth-order valence-corrected chi connectivity index (χ4v) is 1.63. The van der Waals surface area contributed by atoms with Crippen LogP contribution in [0.2, 0.25) is 0 Å². The van der Waals surface area contributed by atoms with Crippen molar-refractivity contribution in [2.45, 2.75) is 25.8 Å². The molecule has 2 rings (SSSR count). The summed E-state index contributed by atoms with van der Waals surface area (Å²) in [6.07, 6.45) is 1.54. The summed E-state index contributed by atoms with van der Waals surface area (Å²) in [4.78, 5) is 23.8. The van der Waals surface area contributed by atoms with E-state index in [1.54, 1.807) is 4.90 Å². The predicted octanol–water partition coefficient (Wildman–Crippen LogP) is 0.337. The molecule has 1 saturated heterocycles.